The van der Waals surface area contributed by atoms with Crippen LogP contribution >= 0.6 is 11.3 Å². The number of methoxy groups -OCH3 is 1. The van der Waals surface area contributed by atoms with Crippen molar-refractivity contribution in [2.75, 3.05) is 7.11 Å². The van der Waals surface area contributed by atoms with E-state index < -0.39 is 11.9 Å². The number of carbonyl (C=O) groups excluding carboxylic acids is 1. The van der Waals surface area contributed by atoms with E-state index in [1.54, 1.807) is 24.1 Å². The van der Waals surface area contributed by atoms with Crippen LogP contribution in [0.25, 0.3) is 16.3 Å². The SMILES string of the molecule is COc1ccccc1CN1C(=O)NC(c2cccc(F)c2)C(c2nc(-c3cccs3)no2)=C1C. The Labute approximate surface area is 199 Å². The van der Waals surface area contributed by atoms with Crippen LogP contribution in [0.4, 0.5) is 9.18 Å². The molecule has 9 heteroatoms. The van der Waals surface area contributed by atoms with Gasteiger partial charge in [0.15, 0.2) is 0 Å². The molecule has 3 heterocycles. The molecule has 1 N–H and O–H groups in total. The highest BCUT2D eigenvalue weighted by molar-refractivity contribution is 7.13. The van der Waals surface area contributed by atoms with Crippen molar-refractivity contribution in [1.82, 2.24) is 20.4 Å². The Kier molecular flexibility index (Phi) is 5.85. The highest BCUT2D eigenvalue weighted by Gasteiger charge is 2.36. The lowest BCUT2D eigenvalue weighted by Crippen LogP contribution is -2.45. The second kappa shape index (κ2) is 9.11. The van der Waals surface area contributed by atoms with Crippen molar-refractivity contribution in [3.63, 3.8) is 0 Å². The minimum absolute atomic E-state index is 0.264. The van der Waals surface area contributed by atoms with Gasteiger partial charge in [0.25, 0.3) is 5.89 Å². The van der Waals surface area contributed by atoms with Gasteiger partial charge in [-0.05, 0) is 42.1 Å². The Bertz CT molecular complexity index is 1370. The summed E-state index contributed by atoms with van der Waals surface area (Å²) in [5.41, 5.74) is 2.66. The summed E-state index contributed by atoms with van der Waals surface area (Å²) < 4.78 is 25.2. The number of amides is 2. The third-order valence-corrected chi connectivity index (χ3v) is 6.56. The highest BCUT2D eigenvalue weighted by Crippen LogP contribution is 2.38. The maximum atomic E-state index is 14.1. The van der Waals surface area contributed by atoms with Gasteiger partial charge in [-0.3, -0.25) is 4.90 Å². The van der Waals surface area contributed by atoms with E-state index in [1.165, 1.54) is 23.5 Å². The summed E-state index contributed by atoms with van der Waals surface area (Å²) in [6, 6.07) is 16.5. The van der Waals surface area contributed by atoms with Gasteiger partial charge in [-0.15, -0.1) is 11.3 Å². The Morgan fingerprint density at radius 1 is 1.18 bits per heavy atom. The average Bonchev–Trinajstić information content (AvgIpc) is 3.54. The van der Waals surface area contributed by atoms with Gasteiger partial charge in [0.1, 0.15) is 11.6 Å². The van der Waals surface area contributed by atoms with E-state index >= 15 is 0 Å². The Hall–Kier alpha value is -3.98. The number of benzene rings is 2. The summed E-state index contributed by atoms with van der Waals surface area (Å²) in [7, 11) is 1.59. The van der Waals surface area contributed by atoms with E-state index in [2.05, 4.69) is 15.5 Å². The van der Waals surface area contributed by atoms with Crippen LogP contribution in [-0.2, 0) is 6.54 Å². The average molecular weight is 477 g/mol. The zero-order chi connectivity index (χ0) is 23.7. The second-order valence-corrected chi connectivity index (χ2v) is 8.68. The quantitative estimate of drug-likeness (QED) is 0.389. The summed E-state index contributed by atoms with van der Waals surface area (Å²) >= 11 is 1.50. The van der Waals surface area contributed by atoms with Crippen LogP contribution < -0.4 is 10.1 Å². The number of rotatable bonds is 6. The van der Waals surface area contributed by atoms with E-state index in [0.29, 0.717) is 28.4 Å². The summed E-state index contributed by atoms with van der Waals surface area (Å²) in [5.74, 6) is 0.997. The van der Waals surface area contributed by atoms with Crippen molar-refractivity contribution < 1.29 is 18.4 Å². The molecule has 4 aromatic rings. The number of nitrogens with one attached hydrogen (secondary N) is 1. The molecule has 5 rings (SSSR count). The molecule has 0 bridgehead atoms. The van der Waals surface area contributed by atoms with Gasteiger partial charge in [-0.2, -0.15) is 4.98 Å². The third-order valence-electron chi connectivity index (χ3n) is 5.70. The first-order valence-electron chi connectivity index (χ1n) is 10.6. The van der Waals surface area contributed by atoms with Crippen molar-refractivity contribution in [1.29, 1.82) is 0 Å². The number of ether oxygens (including phenoxy) is 1. The predicted octanol–water partition coefficient (Wildman–Crippen LogP) is 5.64. The first kappa shape index (κ1) is 21.8. The molecule has 1 atom stereocenters. The fourth-order valence-electron chi connectivity index (χ4n) is 4.03. The maximum Gasteiger partial charge on any atom is 0.322 e. The fraction of sp³-hybridized carbons (Fsp3) is 0.160. The molecule has 0 saturated heterocycles. The lowest BCUT2D eigenvalue weighted by molar-refractivity contribution is 0.202. The molecule has 0 aliphatic carbocycles. The van der Waals surface area contributed by atoms with Gasteiger partial charge in [0, 0.05) is 11.3 Å². The molecule has 172 valence electrons. The first-order valence-corrected chi connectivity index (χ1v) is 11.5. The Morgan fingerprint density at radius 3 is 2.79 bits per heavy atom. The van der Waals surface area contributed by atoms with Gasteiger partial charge in [0.2, 0.25) is 5.82 Å². The lowest BCUT2D eigenvalue weighted by atomic mass is 9.94. The topological polar surface area (TPSA) is 80.5 Å². The number of carbonyl (C=O) groups is 1. The Morgan fingerprint density at radius 2 is 2.03 bits per heavy atom. The van der Waals surface area contributed by atoms with Crippen LogP contribution in [-0.4, -0.2) is 28.2 Å². The molecule has 2 aromatic carbocycles. The molecule has 1 aliphatic rings. The van der Waals surface area contributed by atoms with Gasteiger partial charge < -0.3 is 14.6 Å². The van der Waals surface area contributed by atoms with Crippen LogP contribution in [0.1, 0.15) is 30.0 Å². The standard InChI is InChI=1S/C25H21FN4O3S/c1-15-21(24-28-23(29-33-24)20-11-6-12-34-20)22(16-8-5-9-18(26)13-16)27-25(31)30(15)14-17-7-3-4-10-19(17)32-2/h3-13,22H,14H2,1-2H3,(H,27,31). The van der Waals surface area contributed by atoms with E-state index in [4.69, 9.17) is 9.26 Å². The van der Waals surface area contributed by atoms with Gasteiger partial charge in [0.05, 0.1) is 30.1 Å². The van der Waals surface area contributed by atoms with E-state index in [1.807, 2.05) is 48.7 Å². The largest absolute Gasteiger partial charge is 0.496 e. The molecule has 0 saturated carbocycles. The number of allylic oxidation sites excluding steroid dienone is 1. The summed E-state index contributed by atoms with van der Waals surface area (Å²) in [6.45, 7) is 2.10. The predicted molar refractivity (Wildman–Crippen MR) is 126 cm³/mol. The number of halogens is 1. The molecule has 2 aromatic heterocycles. The van der Waals surface area contributed by atoms with E-state index in [-0.39, 0.29) is 18.5 Å². The number of aromatic nitrogens is 2. The third kappa shape index (κ3) is 4.06. The fourth-order valence-corrected chi connectivity index (χ4v) is 4.68. The smallest absolute Gasteiger partial charge is 0.322 e. The zero-order valence-corrected chi connectivity index (χ0v) is 19.3. The molecule has 2 amide bonds. The van der Waals surface area contributed by atoms with Gasteiger partial charge in [-0.25, -0.2) is 9.18 Å². The van der Waals surface area contributed by atoms with Gasteiger partial charge in [-0.1, -0.05) is 41.6 Å². The van der Waals surface area contributed by atoms with Crippen molar-refractivity contribution in [2.45, 2.75) is 19.5 Å². The van der Waals surface area contributed by atoms with Crippen molar-refractivity contribution in [2.24, 2.45) is 0 Å². The zero-order valence-electron chi connectivity index (χ0n) is 18.5. The molecule has 0 fully saturated rings. The number of nitrogens with zero attached hydrogens (tertiary/aromatic N) is 3. The minimum atomic E-state index is -0.659. The normalized spacial score (nSPS) is 16.0. The van der Waals surface area contributed by atoms with E-state index in [0.717, 1.165) is 10.4 Å². The molecule has 34 heavy (non-hydrogen) atoms. The number of hydrogen-bond donors (Lipinski definition) is 1. The van der Waals surface area contributed by atoms with Crippen LogP contribution in [0.3, 0.4) is 0 Å². The first-order chi connectivity index (χ1) is 16.5. The van der Waals surface area contributed by atoms with Crippen LogP contribution in [0.2, 0.25) is 0 Å². The summed E-state index contributed by atoms with van der Waals surface area (Å²) in [5, 5.41) is 9.05. The molecule has 1 aliphatic heterocycles. The second-order valence-electron chi connectivity index (χ2n) is 7.74. The lowest BCUT2D eigenvalue weighted by Gasteiger charge is -2.35. The van der Waals surface area contributed by atoms with Crippen LogP contribution in [0.5, 0.6) is 5.75 Å². The summed E-state index contributed by atoms with van der Waals surface area (Å²) in [6.07, 6.45) is 0. The van der Waals surface area contributed by atoms with Crippen molar-refractivity contribution in [3.05, 3.63) is 94.6 Å². The molecule has 7 nitrogen and oxygen atoms in total. The minimum Gasteiger partial charge on any atom is -0.496 e. The van der Waals surface area contributed by atoms with Gasteiger partial charge >= 0.3 is 6.03 Å². The number of para-hydroxylation sites is 1. The Balaban J connectivity index is 1.61. The summed E-state index contributed by atoms with van der Waals surface area (Å²) in [4.78, 5) is 20.3. The highest BCUT2D eigenvalue weighted by atomic mass is 32.1. The number of urea groups is 1. The van der Waals surface area contributed by atoms with E-state index in [9.17, 15) is 9.18 Å². The van der Waals surface area contributed by atoms with Crippen LogP contribution in [0, 0.1) is 5.82 Å². The van der Waals surface area contributed by atoms with Crippen LogP contribution in [0.15, 0.2) is 76.3 Å². The van der Waals surface area contributed by atoms with Crippen molar-refractivity contribution in [3.8, 4) is 16.5 Å². The molecule has 0 spiro atoms. The van der Waals surface area contributed by atoms with Crippen molar-refractivity contribution >= 4 is 22.9 Å². The molecular weight excluding hydrogens is 455 g/mol. The number of thiophene rings is 1. The molecular formula is C25H21FN4O3S. The number of hydrogen-bond acceptors (Lipinski definition) is 6. The monoisotopic (exact) mass is 476 g/mol. The molecule has 1 unspecified atom stereocenters. The maximum absolute atomic E-state index is 14.1. The molecule has 0 radical (unpaired) electrons.